The summed E-state index contributed by atoms with van der Waals surface area (Å²) in [7, 11) is 0. The number of carbonyl (C=O) groups excluding carboxylic acids is 2. The number of hydrogen-bond donors (Lipinski definition) is 3. The molecule has 1 aromatic rings. The summed E-state index contributed by atoms with van der Waals surface area (Å²) in [5.41, 5.74) is 1.29. The zero-order valence-electron chi connectivity index (χ0n) is 13.2. The van der Waals surface area contributed by atoms with Gasteiger partial charge < -0.3 is 16.0 Å². The molecule has 5 heteroatoms. The third-order valence-electron chi connectivity index (χ3n) is 3.93. The fourth-order valence-corrected chi connectivity index (χ4v) is 2.74. The Morgan fingerprint density at radius 3 is 2.27 bits per heavy atom. The van der Waals surface area contributed by atoms with Gasteiger partial charge in [0.25, 0.3) is 5.91 Å². The van der Waals surface area contributed by atoms with E-state index in [4.69, 9.17) is 0 Å². The van der Waals surface area contributed by atoms with E-state index in [0.717, 1.165) is 12.8 Å². The van der Waals surface area contributed by atoms with Crippen LogP contribution in [0.5, 0.6) is 0 Å². The maximum Gasteiger partial charge on any atom is 0.319 e. The maximum atomic E-state index is 12.0. The molecule has 0 unspecified atom stereocenters. The first-order chi connectivity index (χ1) is 10.7. The Morgan fingerprint density at radius 2 is 1.68 bits per heavy atom. The summed E-state index contributed by atoms with van der Waals surface area (Å²) in [5, 5.41) is 8.61. The third kappa shape index (κ3) is 5.06. The van der Waals surface area contributed by atoms with Crippen LogP contribution in [0.25, 0.3) is 0 Å². The summed E-state index contributed by atoms with van der Waals surface area (Å²) in [5.74, 6) is -0.100. The third-order valence-corrected chi connectivity index (χ3v) is 3.93. The topological polar surface area (TPSA) is 70.2 Å². The van der Waals surface area contributed by atoms with Crippen LogP contribution in [0.15, 0.2) is 24.3 Å². The van der Waals surface area contributed by atoms with Crippen molar-refractivity contribution in [2.24, 2.45) is 0 Å². The first-order valence-electron chi connectivity index (χ1n) is 8.15. The van der Waals surface area contributed by atoms with Gasteiger partial charge in [0.1, 0.15) is 0 Å². The Balaban J connectivity index is 1.84. The van der Waals surface area contributed by atoms with E-state index in [-0.39, 0.29) is 18.0 Å². The van der Waals surface area contributed by atoms with Crippen molar-refractivity contribution in [1.29, 1.82) is 0 Å². The molecule has 1 aliphatic carbocycles. The lowest BCUT2D eigenvalue weighted by atomic mass is 10.1. The lowest BCUT2D eigenvalue weighted by Gasteiger charge is -2.16. The Morgan fingerprint density at radius 1 is 1.05 bits per heavy atom. The van der Waals surface area contributed by atoms with Gasteiger partial charge in [-0.3, -0.25) is 4.79 Å². The Kier molecular flexibility index (Phi) is 6.25. The van der Waals surface area contributed by atoms with Gasteiger partial charge in [-0.05, 0) is 44.0 Å². The summed E-state index contributed by atoms with van der Waals surface area (Å²) in [4.78, 5) is 23.7. The van der Waals surface area contributed by atoms with E-state index in [9.17, 15) is 9.59 Å². The molecule has 22 heavy (non-hydrogen) atoms. The standard InChI is InChI=1S/C17H25N3O2/c1-2-18-16(21)13-9-11-15(12-10-13)20-17(22)19-14-7-5-3-4-6-8-14/h9-12,14H,2-8H2,1H3,(H,18,21)(H2,19,20,22). The van der Waals surface area contributed by atoms with Gasteiger partial charge in [-0.1, -0.05) is 25.7 Å². The van der Waals surface area contributed by atoms with E-state index in [1.807, 2.05) is 6.92 Å². The van der Waals surface area contributed by atoms with Crippen LogP contribution < -0.4 is 16.0 Å². The van der Waals surface area contributed by atoms with Crippen LogP contribution >= 0.6 is 0 Å². The molecule has 120 valence electrons. The smallest absolute Gasteiger partial charge is 0.319 e. The maximum absolute atomic E-state index is 12.0. The number of rotatable bonds is 4. The Labute approximate surface area is 131 Å². The van der Waals surface area contributed by atoms with E-state index in [1.165, 1.54) is 25.7 Å². The number of nitrogens with one attached hydrogen (secondary N) is 3. The van der Waals surface area contributed by atoms with Crippen molar-refractivity contribution in [3.8, 4) is 0 Å². The highest BCUT2D eigenvalue weighted by Gasteiger charge is 2.14. The van der Waals surface area contributed by atoms with Gasteiger partial charge in [0, 0.05) is 23.8 Å². The first kappa shape index (κ1) is 16.3. The average Bonchev–Trinajstić information content (AvgIpc) is 2.77. The van der Waals surface area contributed by atoms with Crippen molar-refractivity contribution in [2.75, 3.05) is 11.9 Å². The van der Waals surface area contributed by atoms with Gasteiger partial charge in [-0.25, -0.2) is 4.79 Å². The summed E-state index contributed by atoms with van der Waals surface area (Å²) < 4.78 is 0. The zero-order chi connectivity index (χ0) is 15.8. The summed E-state index contributed by atoms with van der Waals surface area (Å²) >= 11 is 0. The van der Waals surface area contributed by atoms with Crippen molar-refractivity contribution in [1.82, 2.24) is 10.6 Å². The second-order valence-electron chi connectivity index (χ2n) is 5.72. The molecule has 3 N–H and O–H groups in total. The molecule has 0 atom stereocenters. The van der Waals surface area contributed by atoms with E-state index in [1.54, 1.807) is 24.3 Å². The Bertz CT molecular complexity index is 491. The first-order valence-corrected chi connectivity index (χ1v) is 8.15. The highest BCUT2D eigenvalue weighted by atomic mass is 16.2. The molecule has 5 nitrogen and oxygen atoms in total. The molecule has 0 spiro atoms. The van der Waals surface area contributed by atoms with E-state index in [0.29, 0.717) is 17.8 Å². The summed E-state index contributed by atoms with van der Waals surface area (Å²) in [6, 6.07) is 7.03. The van der Waals surface area contributed by atoms with Crippen molar-refractivity contribution in [3.63, 3.8) is 0 Å². The molecule has 0 aromatic heterocycles. The summed E-state index contributed by atoms with van der Waals surface area (Å²) in [6.45, 7) is 2.48. The highest BCUT2D eigenvalue weighted by Crippen LogP contribution is 2.17. The van der Waals surface area contributed by atoms with Crippen molar-refractivity contribution < 1.29 is 9.59 Å². The number of carbonyl (C=O) groups is 2. The minimum absolute atomic E-state index is 0.100. The van der Waals surface area contributed by atoms with Crippen molar-refractivity contribution in [3.05, 3.63) is 29.8 Å². The van der Waals surface area contributed by atoms with Crippen LogP contribution in [-0.2, 0) is 0 Å². The average molecular weight is 303 g/mol. The largest absolute Gasteiger partial charge is 0.352 e. The molecule has 2 rings (SSSR count). The highest BCUT2D eigenvalue weighted by molar-refractivity contribution is 5.95. The second kappa shape index (κ2) is 8.41. The molecular formula is C17H25N3O2. The van der Waals surface area contributed by atoms with Crippen LogP contribution in [0, 0.1) is 0 Å². The molecule has 1 aromatic carbocycles. The van der Waals surface area contributed by atoms with E-state index in [2.05, 4.69) is 16.0 Å². The SMILES string of the molecule is CCNC(=O)c1ccc(NC(=O)NC2CCCCCC2)cc1. The molecule has 0 aliphatic heterocycles. The molecule has 1 fully saturated rings. The van der Waals surface area contributed by atoms with Crippen LogP contribution in [0.1, 0.15) is 55.8 Å². The van der Waals surface area contributed by atoms with Gasteiger partial charge in [0.15, 0.2) is 0 Å². The summed E-state index contributed by atoms with van der Waals surface area (Å²) in [6.07, 6.45) is 7.02. The van der Waals surface area contributed by atoms with Crippen LogP contribution in [0.4, 0.5) is 10.5 Å². The predicted molar refractivity (Wildman–Crippen MR) is 88.1 cm³/mol. The molecule has 0 radical (unpaired) electrons. The zero-order valence-corrected chi connectivity index (χ0v) is 13.2. The molecule has 0 heterocycles. The van der Waals surface area contributed by atoms with Gasteiger partial charge in [-0.15, -0.1) is 0 Å². The van der Waals surface area contributed by atoms with Crippen molar-refractivity contribution >= 4 is 17.6 Å². The number of urea groups is 1. The number of benzene rings is 1. The van der Waals surface area contributed by atoms with Gasteiger partial charge in [0.05, 0.1) is 0 Å². The Hall–Kier alpha value is -2.04. The minimum atomic E-state index is -0.169. The quantitative estimate of drug-likeness (QED) is 0.747. The lowest BCUT2D eigenvalue weighted by molar-refractivity contribution is 0.0956. The van der Waals surface area contributed by atoms with Gasteiger partial charge in [-0.2, -0.15) is 0 Å². The molecule has 1 aliphatic rings. The van der Waals surface area contributed by atoms with Crippen LogP contribution in [-0.4, -0.2) is 24.5 Å². The lowest BCUT2D eigenvalue weighted by Crippen LogP contribution is -2.37. The number of anilines is 1. The van der Waals surface area contributed by atoms with Crippen LogP contribution in [0.3, 0.4) is 0 Å². The monoisotopic (exact) mass is 303 g/mol. The minimum Gasteiger partial charge on any atom is -0.352 e. The molecular weight excluding hydrogens is 278 g/mol. The fourth-order valence-electron chi connectivity index (χ4n) is 2.74. The second-order valence-corrected chi connectivity index (χ2v) is 5.72. The molecule has 0 bridgehead atoms. The van der Waals surface area contributed by atoms with Crippen LogP contribution in [0.2, 0.25) is 0 Å². The molecule has 1 saturated carbocycles. The van der Waals surface area contributed by atoms with E-state index >= 15 is 0 Å². The van der Waals surface area contributed by atoms with Gasteiger partial charge >= 0.3 is 6.03 Å². The number of hydrogen-bond acceptors (Lipinski definition) is 2. The van der Waals surface area contributed by atoms with E-state index < -0.39 is 0 Å². The van der Waals surface area contributed by atoms with Gasteiger partial charge in [0.2, 0.25) is 0 Å². The molecule has 3 amide bonds. The fraction of sp³-hybridized carbons (Fsp3) is 0.529. The predicted octanol–water partition coefficient (Wildman–Crippen LogP) is 3.28. The van der Waals surface area contributed by atoms with Crippen molar-refractivity contribution in [2.45, 2.75) is 51.5 Å². The number of amides is 3. The normalized spacial score (nSPS) is 15.7. The molecule has 0 saturated heterocycles.